The van der Waals surface area contributed by atoms with Crippen molar-refractivity contribution in [3.05, 3.63) is 53.6 Å². The van der Waals surface area contributed by atoms with Crippen LogP contribution >= 0.6 is 0 Å². The van der Waals surface area contributed by atoms with E-state index in [1.165, 1.54) is 12.1 Å². The van der Waals surface area contributed by atoms with E-state index in [0.29, 0.717) is 31.2 Å². The largest absolute Gasteiger partial charge is 0.514 e. The average Bonchev–Trinajstić information content (AvgIpc) is 3.61. The van der Waals surface area contributed by atoms with Crippen LogP contribution in [0.5, 0.6) is 5.75 Å². The lowest BCUT2D eigenvalue weighted by atomic mass is 9.46. The van der Waals surface area contributed by atoms with Gasteiger partial charge in [0.05, 0.1) is 30.8 Å². The predicted octanol–water partition coefficient (Wildman–Crippen LogP) is 4.15. The fourth-order valence-corrected chi connectivity index (χ4v) is 10.0. The van der Waals surface area contributed by atoms with Crippen molar-refractivity contribution in [2.45, 2.75) is 109 Å². The summed E-state index contributed by atoms with van der Waals surface area (Å²) < 4.78 is 29.0. The number of carbonyl (C=O) groups is 4. The molecule has 10 atom stereocenters. The highest BCUT2D eigenvalue weighted by atomic mass is 17.1. The molecule has 0 radical (unpaired) electrons. The molecule has 4 aliphatic carbocycles. The lowest BCUT2D eigenvalue weighted by Crippen LogP contribution is -2.63. The van der Waals surface area contributed by atoms with Crippen LogP contribution in [-0.4, -0.2) is 94.6 Å². The molecule has 0 spiro atoms. The molecule has 6 rings (SSSR count). The first kappa shape index (κ1) is 40.1. The Bertz CT molecular complexity index is 1630. The van der Waals surface area contributed by atoms with E-state index >= 15 is 0 Å². The van der Waals surface area contributed by atoms with Gasteiger partial charge in [-0.2, -0.15) is 0 Å². The standard InChI is InChI=1S/C39H52N2O13/c1-4-7-33-53-32-20-28-27-13-10-24-19-25(42)14-15-37(24,2)34(27)30(43)21-38(28,3)39(32,54-33)31(44)22-50-36(46)52-26-11-8-23(9-12-26)18-29(40)35(45)49-16-5-6-17-51-41(47)48/h8-9,11-12,14-15,19,27-30,32-34,43,47-48H,4-7,10,13,16-18,20-22,40H2,1-3H3/t27-,28-,29?,30-,32+,33?,34+,37-,38-,39?/m0/s1. The van der Waals surface area contributed by atoms with Crippen molar-refractivity contribution >= 4 is 23.7 Å². The van der Waals surface area contributed by atoms with E-state index < -0.39 is 65.5 Å². The van der Waals surface area contributed by atoms with Gasteiger partial charge in [0.25, 0.3) is 0 Å². The molecule has 3 unspecified atom stereocenters. The van der Waals surface area contributed by atoms with Gasteiger partial charge in [0, 0.05) is 16.7 Å². The molecule has 5 N–H and O–H groups in total. The molecular weight excluding hydrogens is 704 g/mol. The number of aliphatic hydroxyl groups is 1. The summed E-state index contributed by atoms with van der Waals surface area (Å²) in [5.74, 6) is -1.00. The van der Waals surface area contributed by atoms with Crippen LogP contribution in [0.25, 0.3) is 0 Å². The molecule has 15 heteroatoms. The van der Waals surface area contributed by atoms with Gasteiger partial charge >= 0.3 is 12.1 Å². The Morgan fingerprint density at radius 1 is 1.09 bits per heavy atom. The number of esters is 1. The number of hydrogen-bond acceptors (Lipinski definition) is 15. The van der Waals surface area contributed by atoms with Crippen molar-refractivity contribution in [3.8, 4) is 5.75 Å². The molecule has 1 aromatic rings. The molecule has 4 fully saturated rings. The van der Waals surface area contributed by atoms with E-state index in [9.17, 15) is 24.3 Å². The SMILES string of the molecule is CCCC1O[C@@H]2C[C@H]3[C@@H]4CCC5=CC(=O)C=C[C@]5(C)[C@H]4[C@@H](O)C[C@]3(C)C2(C(=O)COC(=O)Oc2ccc(CC(N)C(=O)OCCCCON(O)O)cc2)O1. The van der Waals surface area contributed by atoms with Crippen molar-refractivity contribution in [2.75, 3.05) is 19.8 Å². The van der Waals surface area contributed by atoms with Gasteiger partial charge < -0.3 is 34.5 Å². The quantitative estimate of drug-likeness (QED) is 0.0857. The first-order valence-corrected chi connectivity index (χ1v) is 18.9. The number of carbonyl (C=O) groups excluding carboxylic acids is 4. The topological polar surface area (TPSA) is 214 Å². The van der Waals surface area contributed by atoms with Crippen LogP contribution in [0.15, 0.2) is 48.1 Å². The third-order valence-electron chi connectivity index (χ3n) is 12.4. The Balaban J connectivity index is 1.06. The zero-order chi connectivity index (χ0) is 38.8. The normalized spacial score (nSPS) is 34.3. The van der Waals surface area contributed by atoms with Crippen LogP contribution in [0, 0.1) is 28.6 Å². The van der Waals surface area contributed by atoms with E-state index in [-0.39, 0.29) is 60.7 Å². The molecule has 3 saturated carbocycles. The lowest BCUT2D eigenvalue weighted by Gasteiger charge is -2.59. The Labute approximate surface area is 314 Å². The molecular formula is C39H52N2O13. The van der Waals surface area contributed by atoms with E-state index in [4.69, 9.17) is 39.8 Å². The lowest BCUT2D eigenvalue weighted by molar-refractivity contribution is -0.492. The smallest absolute Gasteiger partial charge is 0.465 e. The van der Waals surface area contributed by atoms with Crippen molar-refractivity contribution in [3.63, 3.8) is 0 Å². The number of benzene rings is 1. The number of nitrogens with zero attached hydrogens (tertiary/aromatic N) is 1. The molecule has 5 aliphatic rings. The molecule has 54 heavy (non-hydrogen) atoms. The molecule has 296 valence electrons. The van der Waals surface area contributed by atoms with Gasteiger partial charge in [0.1, 0.15) is 11.8 Å². The van der Waals surface area contributed by atoms with Gasteiger partial charge in [-0.1, -0.05) is 51.0 Å². The predicted molar refractivity (Wildman–Crippen MR) is 187 cm³/mol. The number of hydrogen-bond donors (Lipinski definition) is 4. The first-order chi connectivity index (χ1) is 25.7. The summed E-state index contributed by atoms with van der Waals surface area (Å²) in [6, 6.07) is 5.38. The summed E-state index contributed by atoms with van der Waals surface area (Å²) in [4.78, 5) is 56.2. The second-order valence-corrected chi connectivity index (χ2v) is 15.6. The van der Waals surface area contributed by atoms with Crippen molar-refractivity contribution in [1.82, 2.24) is 5.39 Å². The number of allylic oxidation sites excluding steroid dienone is 4. The number of ketones is 2. The summed E-state index contributed by atoms with van der Waals surface area (Å²) in [6.07, 6.45) is 6.97. The average molecular weight is 757 g/mol. The van der Waals surface area contributed by atoms with Crippen LogP contribution < -0.4 is 10.5 Å². The fourth-order valence-electron chi connectivity index (χ4n) is 10.0. The van der Waals surface area contributed by atoms with E-state index in [0.717, 1.165) is 24.8 Å². The maximum absolute atomic E-state index is 14.4. The van der Waals surface area contributed by atoms with Crippen LogP contribution in [0.3, 0.4) is 0 Å². The number of ether oxygens (including phenoxy) is 5. The minimum atomic E-state index is -1.43. The Morgan fingerprint density at radius 2 is 1.83 bits per heavy atom. The van der Waals surface area contributed by atoms with Crippen LogP contribution in [0.4, 0.5) is 4.79 Å². The van der Waals surface area contributed by atoms with Crippen molar-refractivity contribution in [2.24, 2.45) is 34.3 Å². The summed E-state index contributed by atoms with van der Waals surface area (Å²) in [5.41, 5.74) is 5.02. The Kier molecular flexibility index (Phi) is 12.1. The molecule has 1 aromatic carbocycles. The van der Waals surface area contributed by atoms with Gasteiger partial charge in [0.15, 0.2) is 24.3 Å². The minimum Gasteiger partial charge on any atom is -0.465 e. The van der Waals surface area contributed by atoms with Gasteiger partial charge in [-0.3, -0.25) is 29.6 Å². The summed E-state index contributed by atoms with van der Waals surface area (Å²) >= 11 is 0. The minimum absolute atomic E-state index is 0.0147. The first-order valence-electron chi connectivity index (χ1n) is 18.9. The number of Topliss-reactive ketones (excluding diaryl/α,β-unsaturated/α-hetero) is 1. The molecule has 1 heterocycles. The zero-order valence-electron chi connectivity index (χ0n) is 31.0. The second-order valence-electron chi connectivity index (χ2n) is 15.6. The van der Waals surface area contributed by atoms with Crippen molar-refractivity contribution < 1.29 is 63.2 Å². The van der Waals surface area contributed by atoms with Gasteiger partial charge in [0.2, 0.25) is 5.78 Å². The molecule has 15 nitrogen and oxygen atoms in total. The number of aliphatic hydroxyl groups excluding tert-OH is 1. The number of rotatable bonds is 15. The maximum atomic E-state index is 14.4. The van der Waals surface area contributed by atoms with Gasteiger partial charge in [-0.25, -0.2) is 4.79 Å². The van der Waals surface area contributed by atoms with E-state index in [1.807, 2.05) is 19.9 Å². The summed E-state index contributed by atoms with van der Waals surface area (Å²) in [6.45, 7) is 5.63. The Morgan fingerprint density at radius 3 is 2.56 bits per heavy atom. The molecule has 0 aromatic heterocycles. The monoisotopic (exact) mass is 756 g/mol. The third kappa shape index (κ3) is 7.65. The van der Waals surface area contributed by atoms with Crippen molar-refractivity contribution in [1.29, 1.82) is 0 Å². The maximum Gasteiger partial charge on any atom is 0.514 e. The van der Waals surface area contributed by atoms with Gasteiger partial charge in [-0.15, -0.1) is 0 Å². The number of fused-ring (bicyclic) bond motifs is 7. The highest BCUT2D eigenvalue weighted by Crippen LogP contribution is 2.69. The third-order valence-corrected chi connectivity index (χ3v) is 12.4. The fraction of sp³-hybridized carbons (Fsp3) is 0.641. The second kappa shape index (κ2) is 16.3. The van der Waals surface area contributed by atoms with Crippen LogP contribution in [0.1, 0.15) is 77.7 Å². The van der Waals surface area contributed by atoms with Crippen LogP contribution in [0.2, 0.25) is 0 Å². The van der Waals surface area contributed by atoms with Crippen LogP contribution in [-0.2, 0) is 44.6 Å². The molecule has 1 aliphatic heterocycles. The zero-order valence-corrected chi connectivity index (χ0v) is 31.0. The summed E-state index contributed by atoms with van der Waals surface area (Å²) in [7, 11) is 0. The highest BCUT2D eigenvalue weighted by molar-refractivity contribution is 6.01. The highest BCUT2D eigenvalue weighted by Gasteiger charge is 2.76. The Hall–Kier alpha value is -3.54. The van der Waals surface area contributed by atoms with Gasteiger partial charge in [-0.05, 0) is 93.1 Å². The molecule has 0 bridgehead atoms. The molecule has 1 saturated heterocycles. The number of unbranched alkanes of at least 4 members (excludes halogenated alkanes) is 1. The number of nitrogens with two attached hydrogens (primary N) is 1. The summed E-state index contributed by atoms with van der Waals surface area (Å²) in [5, 5.41) is 28.5. The van der Waals surface area contributed by atoms with E-state index in [1.54, 1.807) is 24.3 Å². The van der Waals surface area contributed by atoms with E-state index in [2.05, 4.69) is 11.8 Å². The molecule has 0 amide bonds.